The van der Waals surface area contributed by atoms with Crippen molar-refractivity contribution in [2.24, 2.45) is 0 Å². The summed E-state index contributed by atoms with van der Waals surface area (Å²) in [6.45, 7) is 9.78. The molecule has 0 heterocycles. The van der Waals surface area contributed by atoms with Crippen molar-refractivity contribution in [2.75, 3.05) is 13.7 Å². The number of hydrogen-bond donors (Lipinski definition) is 1. The molecular weight excluding hydrogens is 472 g/mol. The molecule has 0 bridgehead atoms. The van der Waals surface area contributed by atoms with E-state index in [0.717, 1.165) is 33.3 Å². The van der Waals surface area contributed by atoms with Crippen molar-refractivity contribution in [3.05, 3.63) is 57.6 Å². The number of rotatable bonds is 10. The molecule has 2 aromatic carbocycles. The monoisotopic (exact) mass is 504 g/mol. The molecule has 2 amide bonds. The summed E-state index contributed by atoms with van der Waals surface area (Å²) in [5.74, 6) is 0.915. The van der Waals surface area contributed by atoms with Crippen LogP contribution in [0.2, 0.25) is 0 Å². The third-order valence-electron chi connectivity index (χ3n) is 5.45. The van der Waals surface area contributed by atoms with Crippen LogP contribution in [0.25, 0.3) is 0 Å². The van der Waals surface area contributed by atoms with Gasteiger partial charge in [0, 0.05) is 17.1 Å². The molecule has 7 heteroatoms. The number of nitrogens with zero attached hydrogens (tertiary/aromatic N) is 1. The van der Waals surface area contributed by atoms with Gasteiger partial charge in [0.25, 0.3) is 5.91 Å². The van der Waals surface area contributed by atoms with E-state index < -0.39 is 6.04 Å². The predicted octanol–water partition coefficient (Wildman–Crippen LogP) is 4.79. The first-order chi connectivity index (χ1) is 15.2. The van der Waals surface area contributed by atoms with Crippen molar-refractivity contribution in [3.63, 3.8) is 0 Å². The molecule has 0 spiro atoms. The number of carbonyl (C=O) groups excluding carboxylic acids is 2. The molecule has 2 rings (SSSR count). The first-order valence-electron chi connectivity index (χ1n) is 10.8. The van der Waals surface area contributed by atoms with Gasteiger partial charge in [-0.05, 0) is 75.1 Å². The molecule has 174 valence electrons. The highest BCUT2D eigenvalue weighted by Gasteiger charge is 2.27. The molecule has 0 radical (unpaired) electrons. The zero-order valence-corrected chi connectivity index (χ0v) is 21.3. The summed E-state index contributed by atoms with van der Waals surface area (Å²) in [5.41, 5.74) is 2.96. The number of ether oxygens (including phenoxy) is 2. The number of amides is 2. The van der Waals surface area contributed by atoms with Crippen molar-refractivity contribution in [2.45, 2.75) is 59.7 Å². The van der Waals surface area contributed by atoms with Gasteiger partial charge in [-0.1, -0.05) is 35.0 Å². The molecule has 0 saturated carbocycles. The number of carbonyl (C=O) groups is 2. The second-order valence-electron chi connectivity index (χ2n) is 8.02. The van der Waals surface area contributed by atoms with Crippen LogP contribution in [0.5, 0.6) is 11.5 Å². The third-order valence-corrected chi connectivity index (χ3v) is 6.70. The Morgan fingerprint density at radius 3 is 2.19 bits per heavy atom. The number of benzene rings is 2. The average Bonchev–Trinajstić information content (AvgIpc) is 2.78. The molecule has 0 fully saturated rings. The van der Waals surface area contributed by atoms with Gasteiger partial charge in [0.2, 0.25) is 5.91 Å². The van der Waals surface area contributed by atoms with Gasteiger partial charge in [0.15, 0.2) is 6.61 Å². The summed E-state index contributed by atoms with van der Waals surface area (Å²) in [6, 6.07) is 10.6. The Labute approximate surface area is 199 Å². The maximum absolute atomic E-state index is 13.2. The van der Waals surface area contributed by atoms with Crippen LogP contribution in [0.3, 0.4) is 0 Å². The molecule has 0 aliphatic rings. The van der Waals surface area contributed by atoms with E-state index in [0.29, 0.717) is 12.3 Å². The molecule has 2 atom stereocenters. The SMILES string of the molecule is CCC(C)NC(=O)C(C)N(Cc1ccc(OC)cc1)C(=O)COc1cc(C)c(Br)c(C)c1. The third kappa shape index (κ3) is 6.99. The minimum absolute atomic E-state index is 0.0351. The van der Waals surface area contributed by atoms with Gasteiger partial charge in [0.05, 0.1) is 7.11 Å². The van der Waals surface area contributed by atoms with Crippen LogP contribution in [0.1, 0.15) is 43.9 Å². The minimum atomic E-state index is -0.643. The molecule has 1 N–H and O–H groups in total. The van der Waals surface area contributed by atoms with Crippen molar-refractivity contribution >= 4 is 27.7 Å². The Morgan fingerprint density at radius 2 is 1.66 bits per heavy atom. The van der Waals surface area contributed by atoms with E-state index >= 15 is 0 Å². The van der Waals surface area contributed by atoms with E-state index in [1.807, 2.05) is 64.1 Å². The summed E-state index contributed by atoms with van der Waals surface area (Å²) in [7, 11) is 1.61. The standard InChI is InChI=1S/C25H33BrN2O4/c1-7-18(4)27-25(30)19(5)28(14-20-8-10-21(31-6)11-9-20)23(29)15-32-22-12-16(2)24(26)17(3)13-22/h8-13,18-19H,7,14-15H2,1-6H3,(H,27,30). The maximum Gasteiger partial charge on any atom is 0.261 e. The fraction of sp³-hybridized carbons (Fsp3) is 0.440. The first-order valence-corrected chi connectivity index (χ1v) is 11.6. The van der Waals surface area contributed by atoms with Gasteiger partial charge >= 0.3 is 0 Å². The van der Waals surface area contributed by atoms with Crippen LogP contribution in [0.4, 0.5) is 0 Å². The number of aryl methyl sites for hydroxylation is 2. The van der Waals surface area contributed by atoms with Crippen LogP contribution >= 0.6 is 15.9 Å². The highest BCUT2D eigenvalue weighted by Crippen LogP contribution is 2.26. The average molecular weight is 505 g/mol. The van der Waals surface area contributed by atoms with E-state index in [4.69, 9.17) is 9.47 Å². The summed E-state index contributed by atoms with van der Waals surface area (Å²) >= 11 is 3.54. The largest absolute Gasteiger partial charge is 0.497 e. The fourth-order valence-electron chi connectivity index (χ4n) is 3.19. The summed E-state index contributed by atoms with van der Waals surface area (Å²) in [5, 5.41) is 2.96. The van der Waals surface area contributed by atoms with Gasteiger partial charge in [-0.25, -0.2) is 0 Å². The molecule has 0 saturated heterocycles. The Hall–Kier alpha value is -2.54. The Kier molecular flexibility index (Phi) is 9.57. The summed E-state index contributed by atoms with van der Waals surface area (Å²) in [4.78, 5) is 27.5. The fourth-order valence-corrected chi connectivity index (χ4v) is 3.42. The number of methoxy groups -OCH3 is 1. The molecule has 0 aliphatic heterocycles. The lowest BCUT2D eigenvalue weighted by Crippen LogP contribution is -2.50. The van der Waals surface area contributed by atoms with Crippen LogP contribution < -0.4 is 14.8 Å². The Balaban J connectivity index is 2.19. The van der Waals surface area contributed by atoms with Crippen LogP contribution in [-0.4, -0.2) is 42.5 Å². The number of nitrogens with one attached hydrogen (secondary N) is 1. The van der Waals surface area contributed by atoms with Gasteiger partial charge in [-0.2, -0.15) is 0 Å². The minimum Gasteiger partial charge on any atom is -0.497 e. The highest BCUT2D eigenvalue weighted by atomic mass is 79.9. The molecule has 0 aromatic heterocycles. The van der Waals surface area contributed by atoms with Crippen molar-refractivity contribution in [1.29, 1.82) is 0 Å². The molecule has 2 aromatic rings. The van der Waals surface area contributed by atoms with E-state index in [2.05, 4.69) is 21.2 Å². The summed E-state index contributed by atoms with van der Waals surface area (Å²) < 4.78 is 12.0. The van der Waals surface area contributed by atoms with Crippen molar-refractivity contribution in [1.82, 2.24) is 10.2 Å². The zero-order chi connectivity index (χ0) is 23.8. The van der Waals surface area contributed by atoms with Crippen molar-refractivity contribution in [3.8, 4) is 11.5 Å². The Morgan fingerprint density at radius 1 is 1.06 bits per heavy atom. The molecule has 0 aliphatic carbocycles. The molecule has 6 nitrogen and oxygen atoms in total. The first kappa shape index (κ1) is 25.7. The van der Waals surface area contributed by atoms with Crippen molar-refractivity contribution < 1.29 is 19.1 Å². The van der Waals surface area contributed by atoms with E-state index in [1.165, 1.54) is 0 Å². The topological polar surface area (TPSA) is 67.9 Å². The molecule has 32 heavy (non-hydrogen) atoms. The van der Waals surface area contributed by atoms with Crippen LogP contribution in [0, 0.1) is 13.8 Å². The summed E-state index contributed by atoms with van der Waals surface area (Å²) in [6.07, 6.45) is 0.816. The zero-order valence-electron chi connectivity index (χ0n) is 19.7. The smallest absolute Gasteiger partial charge is 0.261 e. The lowest BCUT2D eigenvalue weighted by atomic mass is 10.1. The van der Waals surface area contributed by atoms with E-state index in [9.17, 15) is 9.59 Å². The highest BCUT2D eigenvalue weighted by molar-refractivity contribution is 9.10. The number of halogens is 1. The second-order valence-corrected chi connectivity index (χ2v) is 8.82. The lowest BCUT2D eigenvalue weighted by molar-refractivity contribution is -0.142. The van der Waals surface area contributed by atoms with Gasteiger partial charge < -0.3 is 19.7 Å². The van der Waals surface area contributed by atoms with Crippen LogP contribution in [0.15, 0.2) is 40.9 Å². The quantitative estimate of drug-likeness (QED) is 0.505. The predicted molar refractivity (Wildman–Crippen MR) is 130 cm³/mol. The van der Waals surface area contributed by atoms with Gasteiger partial charge in [0.1, 0.15) is 17.5 Å². The Bertz CT molecular complexity index is 907. The van der Waals surface area contributed by atoms with Gasteiger partial charge in [-0.15, -0.1) is 0 Å². The lowest BCUT2D eigenvalue weighted by Gasteiger charge is -2.29. The van der Waals surface area contributed by atoms with Crippen LogP contribution in [-0.2, 0) is 16.1 Å². The van der Waals surface area contributed by atoms with E-state index in [1.54, 1.807) is 18.9 Å². The normalized spacial score (nSPS) is 12.6. The van der Waals surface area contributed by atoms with E-state index in [-0.39, 0.29) is 24.5 Å². The number of hydrogen-bond acceptors (Lipinski definition) is 4. The second kappa shape index (κ2) is 11.9. The molecular formula is C25H33BrN2O4. The van der Waals surface area contributed by atoms with Gasteiger partial charge in [-0.3, -0.25) is 9.59 Å². The maximum atomic E-state index is 13.2. The molecule has 2 unspecified atom stereocenters.